The minimum absolute atomic E-state index is 0.406. The molecular weight excluding hydrogens is 196 g/mol. The molecule has 1 fully saturated rings. The summed E-state index contributed by atoms with van der Waals surface area (Å²) in [5.74, 6) is 0.158. The summed E-state index contributed by atoms with van der Waals surface area (Å²) in [6.45, 7) is 0. The lowest BCUT2D eigenvalue weighted by Crippen LogP contribution is -2.11. The number of aromatic nitrogens is 1. The summed E-state index contributed by atoms with van der Waals surface area (Å²) in [5, 5.41) is 2.43. The van der Waals surface area contributed by atoms with E-state index < -0.39 is 5.91 Å². The van der Waals surface area contributed by atoms with E-state index in [-0.39, 0.29) is 0 Å². The van der Waals surface area contributed by atoms with Crippen LogP contribution >= 0.6 is 11.3 Å². The van der Waals surface area contributed by atoms with Crippen molar-refractivity contribution in [3.8, 4) is 0 Å². The van der Waals surface area contributed by atoms with Gasteiger partial charge in [-0.15, -0.1) is 11.3 Å². The van der Waals surface area contributed by atoms with Crippen molar-refractivity contribution in [1.82, 2.24) is 4.98 Å². The van der Waals surface area contributed by atoms with Crippen LogP contribution in [-0.4, -0.2) is 10.9 Å². The number of thiazole rings is 1. The standard InChI is InChI=1S/C10H14N2OS/c11-9(13)10-12-8(6-14-10)7-4-2-1-3-5-7/h6-7H,1-5H2,(H2,11,13). The second-order valence-corrected chi connectivity index (χ2v) is 4.63. The third kappa shape index (κ3) is 1.95. The second-order valence-electron chi connectivity index (χ2n) is 3.78. The molecule has 1 amide bonds. The second kappa shape index (κ2) is 4.09. The van der Waals surface area contributed by atoms with Crippen molar-refractivity contribution in [2.75, 3.05) is 0 Å². The summed E-state index contributed by atoms with van der Waals surface area (Å²) in [4.78, 5) is 15.1. The van der Waals surface area contributed by atoms with Crippen LogP contribution < -0.4 is 5.73 Å². The average molecular weight is 210 g/mol. The van der Waals surface area contributed by atoms with Gasteiger partial charge in [0, 0.05) is 11.3 Å². The Bertz CT molecular complexity index is 329. The Balaban J connectivity index is 2.11. The highest BCUT2D eigenvalue weighted by Crippen LogP contribution is 2.32. The van der Waals surface area contributed by atoms with Crippen molar-refractivity contribution < 1.29 is 4.79 Å². The highest BCUT2D eigenvalue weighted by atomic mass is 32.1. The molecule has 0 atom stereocenters. The summed E-state index contributed by atoms with van der Waals surface area (Å²) in [6, 6.07) is 0. The topological polar surface area (TPSA) is 56.0 Å². The SMILES string of the molecule is NC(=O)c1nc(C2CCCCC2)cs1. The first kappa shape index (κ1) is 9.65. The van der Waals surface area contributed by atoms with Crippen LogP contribution in [0.25, 0.3) is 0 Å². The fraction of sp³-hybridized carbons (Fsp3) is 0.600. The molecule has 3 nitrogen and oxygen atoms in total. The molecule has 1 aromatic heterocycles. The molecule has 0 aliphatic heterocycles. The van der Waals surface area contributed by atoms with Gasteiger partial charge >= 0.3 is 0 Å². The number of hydrogen-bond acceptors (Lipinski definition) is 3. The van der Waals surface area contributed by atoms with E-state index in [1.807, 2.05) is 5.38 Å². The number of amides is 1. The number of carbonyl (C=O) groups excluding carboxylic acids is 1. The van der Waals surface area contributed by atoms with Gasteiger partial charge < -0.3 is 5.73 Å². The molecule has 76 valence electrons. The molecule has 1 aliphatic carbocycles. The maximum atomic E-state index is 10.9. The van der Waals surface area contributed by atoms with E-state index in [1.165, 1.54) is 43.4 Å². The summed E-state index contributed by atoms with van der Waals surface area (Å²) in [7, 11) is 0. The van der Waals surface area contributed by atoms with Gasteiger partial charge in [0.05, 0.1) is 5.69 Å². The lowest BCUT2D eigenvalue weighted by Gasteiger charge is -2.19. The Morgan fingerprint density at radius 3 is 2.71 bits per heavy atom. The fourth-order valence-corrected chi connectivity index (χ4v) is 2.74. The van der Waals surface area contributed by atoms with Crippen LogP contribution in [0.15, 0.2) is 5.38 Å². The first-order valence-corrected chi connectivity index (χ1v) is 5.90. The lowest BCUT2D eigenvalue weighted by molar-refractivity contribution is 0.0999. The largest absolute Gasteiger partial charge is 0.364 e. The normalized spacial score (nSPS) is 18.3. The van der Waals surface area contributed by atoms with Gasteiger partial charge in [0.15, 0.2) is 5.01 Å². The number of carbonyl (C=O) groups is 1. The quantitative estimate of drug-likeness (QED) is 0.814. The minimum Gasteiger partial charge on any atom is -0.364 e. The van der Waals surface area contributed by atoms with Crippen molar-refractivity contribution >= 4 is 17.2 Å². The lowest BCUT2D eigenvalue weighted by atomic mass is 9.87. The van der Waals surface area contributed by atoms with Gasteiger partial charge in [-0.25, -0.2) is 4.98 Å². The Kier molecular flexibility index (Phi) is 2.82. The zero-order chi connectivity index (χ0) is 9.97. The van der Waals surface area contributed by atoms with Crippen LogP contribution in [0.3, 0.4) is 0 Å². The van der Waals surface area contributed by atoms with Gasteiger partial charge in [0.2, 0.25) is 0 Å². The first-order valence-electron chi connectivity index (χ1n) is 5.02. The molecule has 1 aromatic rings. The van der Waals surface area contributed by atoms with Crippen LogP contribution in [-0.2, 0) is 0 Å². The van der Waals surface area contributed by atoms with Gasteiger partial charge in [0.25, 0.3) is 5.91 Å². The first-order chi connectivity index (χ1) is 6.77. The molecule has 0 bridgehead atoms. The van der Waals surface area contributed by atoms with Crippen LogP contribution in [0.4, 0.5) is 0 Å². The molecule has 2 rings (SSSR count). The van der Waals surface area contributed by atoms with E-state index in [9.17, 15) is 4.79 Å². The molecule has 0 spiro atoms. The zero-order valence-electron chi connectivity index (χ0n) is 8.03. The van der Waals surface area contributed by atoms with Crippen molar-refractivity contribution in [3.05, 3.63) is 16.1 Å². The minimum atomic E-state index is -0.406. The van der Waals surface area contributed by atoms with Gasteiger partial charge in [-0.05, 0) is 12.8 Å². The van der Waals surface area contributed by atoms with Crippen molar-refractivity contribution in [1.29, 1.82) is 0 Å². The van der Waals surface area contributed by atoms with E-state index in [0.717, 1.165) is 5.69 Å². The van der Waals surface area contributed by atoms with Crippen LogP contribution in [0.2, 0.25) is 0 Å². The summed E-state index contributed by atoms with van der Waals surface area (Å²) >= 11 is 1.37. The number of rotatable bonds is 2. The molecule has 1 aliphatic rings. The number of nitrogens with zero attached hydrogens (tertiary/aromatic N) is 1. The third-order valence-electron chi connectivity index (χ3n) is 2.76. The maximum Gasteiger partial charge on any atom is 0.277 e. The van der Waals surface area contributed by atoms with Gasteiger partial charge in [-0.3, -0.25) is 4.79 Å². The predicted molar refractivity (Wildman–Crippen MR) is 56.5 cm³/mol. The Labute approximate surface area is 87.3 Å². The molecule has 1 saturated carbocycles. The van der Waals surface area contributed by atoms with Crippen LogP contribution in [0.5, 0.6) is 0 Å². The smallest absolute Gasteiger partial charge is 0.277 e. The summed E-state index contributed by atoms with van der Waals surface area (Å²) < 4.78 is 0. The number of primary amides is 1. The molecule has 0 aromatic carbocycles. The Morgan fingerprint density at radius 2 is 2.14 bits per heavy atom. The molecule has 0 saturated heterocycles. The molecule has 2 N–H and O–H groups in total. The summed E-state index contributed by atoms with van der Waals surface area (Å²) in [5.41, 5.74) is 6.24. The molecule has 4 heteroatoms. The van der Waals surface area contributed by atoms with Crippen molar-refractivity contribution in [2.24, 2.45) is 5.73 Å². The Hall–Kier alpha value is -0.900. The number of hydrogen-bond donors (Lipinski definition) is 1. The van der Waals surface area contributed by atoms with Gasteiger partial charge in [-0.1, -0.05) is 19.3 Å². The van der Waals surface area contributed by atoms with Gasteiger partial charge in [0.1, 0.15) is 0 Å². The molecule has 1 heterocycles. The number of nitrogens with two attached hydrogens (primary N) is 1. The van der Waals surface area contributed by atoms with E-state index in [1.54, 1.807) is 0 Å². The maximum absolute atomic E-state index is 10.9. The third-order valence-corrected chi connectivity index (χ3v) is 3.63. The predicted octanol–water partition coefficient (Wildman–Crippen LogP) is 2.29. The molecule has 14 heavy (non-hydrogen) atoms. The molecule has 0 radical (unpaired) electrons. The van der Waals surface area contributed by atoms with Crippen LogP contribution in [0.1, 0.15) is 53.5 Å². The van der Waals surface area contributed by atoms with E-state index >= 15 is 0 Å². The van der Waals surface area contributed by atoms with E-state index in [0.29, 0.717) is 10.9 Å². The fourth-order valence-electron chi connectivity index (χ4n) is 1.99. The van der Waals surface area contributed by atoms with Crippen LogP contribution in [0, 0.1) is 0 Å². The van der Waals surface area contributed by atoms with E-state index in [2.05, 4.69) is 4.98 Å². The van der Waals surface area contributed by atoms with E-state index in [4.69, 9.17) is 5.73 Å². The zero-order valence-corrected chi connectivity index (χ0v) is 8.85. The Morgan fingerprint density at radius 1 is 1.43 bits per heavy atom. The highest BCUT2D eigenvalue weighted by Gasteiger charge is 2.19. The highest BCUT2D eigenvalue weighted by molar-refractivity contribution is 7.11. The van der Waals surface area contributed by atoms with Gasteiger partial charge in [-0.2, -0.15) is 0 Å². The molecular formula is C10H14N2OS. The monoisotopic (exact) mass is 210 g/mol. The van der Waals surface area contributed by atoms with Crippen molar-refractivity contribution in [3.63, 3.8) is 0 Å². The molecule has 0 unspecified atom stereocenters. The average Bonchev–Trinajstić information content (AvgIpc) is 2.68. The summed E-state index contributed by atoms with van der Waals surface area (Å²) in [6.07, 6.45) is 6.33. The van der Waals surface area contributed by atoms with Crippen molar-refractivity contribution in [2.45, 2.75) is 38.0 Å².